The summed E-state index contributed by atoms with van der Waals surface area (Å²) in [5.41, 5.74) is 6.87. The lowest BCUT2D eigenvalue weighted by Crippen LogP contribution is -2.45. The molecule has 0 bridgehead atoms. The zero-order valence-corrected chi connectivity index (χ0v) is 19.9. The maximum Gasteiger partial charge on any atom is 0.269 e. The molecule has 0 radical (unpaired) electrons. The van der Waals surface area contributed by atoms with Gasteiger partial charge in [-0.05, 0) is 55.9 Å². The summed E-state index contributed by atoms with van der Waals surface area (Å²) in [5, 5.41) is 21.1. The molecule has 1 fully saturated rings. The molecule has 34 heavy (non-hydrogen) atoms. The predicted octanol–water partition coefficient (Wildman–Crippen LogP) is 3.14. The van der Waals surface area contributed by atoms with Crippen molar-refractivity contribution in [3.63, 3.8) is 0 Å². The molecule has 0 spiro atoms. The van der Waals surface area contributed by atoms with E-state index in [2.05, 4.69) is 5.32 Å². The Balaban J connectivity index is 0.000000330. The third kappa shape index (κ3) is 9.12. The van der Waals surface area contributed by atoms with Gasteiger partial charge in [0.2, 0.25) is 0 Å². The summed E-state index contributed by atoms with van der Waals surface area (Å²) in [7, 11) is 3.75. The number of non-ortho nitro benzene ring substituents is 1. The van der Waals surface area contributed by atoms with Crippen LogP contribution >= 0.6 is 0 Å². The van der Waals surface area contributed by atoms with Gasteiger partial charge in [-0.15, -0.1) is 0 Å². The number of alkyl halides is 2. The summed E-state index contributed by atoms with van der Waals surface area (Å²) >= 11 is -2.32. The molecule has 1 saturated heterocycles. The number of nitrogens with one attached hydrogen (secondary N) is 2. The number of nitrogen functional groups attached to an aromatic ring is 1. The fraction of sp³-hybridized carbons (Fsp3) is 0.409. The number of nitrogens with zero attached hydrogens (tertiary/aromatic N) is 2. The molecule has 1 heterocycles. The number of halogens is 2. The van der Waals surface area contributed by atoms with Gasteiger partial charge in [0, 0.05) is 53.2 Å². The van der Waals surface area contributed by atoms with Gasteiger partial charge >= 0.3 is 0 Å². The quantitative estimate of drug-likeness (QED) is 0.143. The number of nitro benzene ring substituents is 1. The molecule has 3 unspecified atom stereocenters. The molecule has 188 valence electrons. The summed E-state index contributed by atoms with van der Waals surface area (Å²) in [6.45, 7) is -0.0184. The monoisotopic (exact) mass is 498 g/mol. The van der Waals surface area contributed by atoms with E-state index in [1.165, 1.54) is 12.1 Å². The Labute approximate surface area is 200 Å². The van der Waals surface area contributed by atoms with Crippen LogP contribution < -0.4 is 11.1 Å². The molecule has 2 aromatic carbocycles. The topological polar surface area (TPSA) is 148 Å². The SMILES string of the molecule is CNC.N=C(c1ccccc1N)N1CC(CF)CC(CF)C1.O=[N+]([O-])c1ccc(S(=O)[O-])cc1. The van der Waals surface area contributed by atoms with Gasteiger partial charge < -0.3 is 20.5 Å². The minimum Gasteiger partial charge on any atom is -0.768 e. The minimum atomic E-state index is -2.32. The molecule has 0 aliphatic carbocycles. The highest BCUT2D eigenvalue weighted by molar-refractivity contribution is 7.79. The van der Waals surface area contributed by atoms with Crippen molar-refractivity contribution in [2.75, 3.05) is 46.3 Å². The van der Waals surface area contributed by atoms with Gasteiger partial charge in [0.15, 0.2) is 0 Å². The second kappa shape index (κ2) is 15.0. The molecule has 1 aliphatic rings. The molecule has 0 amide bonds. The molecule has 3 atom stereocenters. The molecule has 2 aromatic rings. The smallest absolute Gasteiger partial charge is 0.269 e. The summed E-state index contributed by atoms with van der Waals surface area (Å²) in [5.74, 6) is -0.130. The van der Waals surface area contributed by atoms with Crippen molar-refractivity contribution < 1.29 is 22.5 Å². The van der Waals surface area contributed by atoms with Crippen LogP contribution in [0.3, 0.4) is 0 Å². The molecule has 0 saturated carbocycles. The van der Waals surface area contributed by atoms with E-state index in [9.17, 15) is 27.7 Å². The van der Waals surface area contributed by atoms with Crippen molar-refractivity contribution >= 4 is 28.3 Å². The van der Waals surface area contributed by atoms with Gasteiger partial charge in [-0.3, -0.25) is 28.5 Å². The first kappa shape index (κ1) is 29.1. The number of rotatable bonds is 5. The van der Waals surface area contributed by atoms with Crippen LogP contribution in [0.4, 0.5) is 20.2 Å². The first-order valence-electron chi connectivity index (χ1n) is 10.4. The Hall–Kier alpha value is -2.96. The molecule has 1 aliphatic heterocycles. The molecule has 3 rings (SSSR count). The maximum absolute atomic E-state index is 12.9. The Kier molecular flexibility index (Phi) is 12.9. The summed E-state index contributed by atoms with van der Waals surface area (Å²) in [6, 6.07) is 11.8. The highest BCUT2D eigenvalue weighted by Crippen LogP contribution is 2.25. The van der Waals surface area contributed by atoms with Crippen molar-refractivity contribution in [3.05, 3.63) is 64.2 Å². The lowest BCUT2D eigenvalue weighted by Gasteiger charge is -2.37. The van der Waals surface area contributed by atoms with Crippen LogP contribution in [-0.4, -0.2) is 65.0 Å². The second-order valence-electron chi connectivity index (χ2n) is 7.60. The minimum absolute atomic E-state index is 0.0422. The number of benzene rings is 2. The molecule has 12 heteroatoms. The Morgan fingerprint density at radius 3 is 2.06 bits per heavy atom. The van der Waals surface area contributed by atoms with Gasteiger partial charge in [0.05, 0.1) is 18.3 Å². The van der Waals surface area contributed by atoms with Crippen LogP contribution in [0.5, 0.6) is 0 Å². The van der Waals surface area contributed by atoms with E-state index in [0.29, 0.717) is 30.8 Å². The summed E-state index contributed by atoms with van der Waals surface area (Å²) < 4.78 is 46.3. The maximum atomic E-state index is 12.9. The number of nitro groups is 1. The van der Waals surface area contributed by atoms with Gasteiger partial charge in [-0.2, -0.15) is 0 Å². The average molecular weight is 499 g/mol. The van der Waals surface area contributed by atoms with E-state index in [-0.39, 0.29) is 28.3 Å². The van der Waals surface area contributed by atoms with E-state index in [1.807, 2.05) is 20.2 Å². The van der Waals surface area contributed by atoms with Crippen molar-refractivity contribution in [2.24, 2.45) is 11.8 Å². The third-order valence-corrected chi connectivity index (χ3v) is 5.49. The Bertz CT molecular complexity index is 904. The first-order chi connectivity index (χ1) is 16.2. The summed E-state index contributed by atoms with van der Waals surface area (Å²) in [4.78, 5) is 11.3. The number of para-hydroxylation sites is 1. The van der Waals surface area contributed by atoms with E-state index in [1.54, 1.807) is 23.1 Å². The third-order valence-electron chi connectivity index (χ3n) is 4.83. The van der Waals surface area contributed by atoms with Crippen molar-refractivity contribution in [1.29, 1.82) is 5.41 Å². The largest absolute Gasteiger partial charge is 0.768 e. The van der Waals surface area contributed by atoms with Crippen LogP contribution in [0.1, 0.15) is 12.0 Å². The van der Waals surface area contributed by atoms with Crippen LogP contribution in [0, 0.1) is 27.4 Å². The number of likely N-dealkylation sites (tertiary alicyclic amines) is 1. The van der Waals surface area contributed by atoms with Gasteiger partial charge in [0.25, 0.3) is 5.69 Å². The highest BCUT2D eigenvalue weighted by atomic mass is 32.2. The number of nitrogens with two attached hydrogens (primary N) is 1. The van der Waals surface area contributed by atoms with Gasteiger partial charge in [0.1, 0.15) is 5.84 Å². The standard InChI is InChI=1S/C14H19F2N3.C6H5NO4S.C2H7N/c15-6-10-5-11(7-16)9-19(8-10)14(18)12-3-1-2-4-13(12)17;8-7(9)5-1-3-6(4-2-5)12(10)11;1-3-2/h1-4,10-11,18H,5-9,17H2;1-4H,(H,10,11);3H,1-2H3/p-1. The van der Waals surface area contributed by atoms with E-state index >= 15 is 0 Å². The zero-order valence-electron chi connectivity index (χ0n) is 19.1. The average Bonchev–Trinajstić information content (AvgIpc) is 2.84. The first-order valence-corrected chi connectivity index (χ1v) is 11.5. The number of hydrogen-bond donors (Lipinski definition) is 3. The number of amidine groups is 1. The van der Waals surface area contributed by atoms with Crippen LogP contribution in [0.25, 0.3) is 0 Å². The van der Waals surface area contributed by atoms with Crippen LogP contribution in [0.15, 0.2) is 53.4 Å². The Morgan fingerprint density at radius 2 is 1.65 bits per heavy atom. The fourth-order valence-electron chi connectivity index (χ4n) is 3.29. The second-order valence-corrected chi connectivity index (χ2v) is 8.54. The van der Waals surface area contributed by atoms with Crippen LogP contribution in [0.2, 0.25) is 0 Å². The molecule has 4 N–H and O–H groups in total. The van der Waals surface area contributed by atoms with Gasteiger partial charge in [-0.1, -0.05) is 12.1 Å². The molecule has 9 nitrogen and oxygen atoms in total. The zero-order chi connectivity index (χ0) is 25.7. The lowest BCUT2D eigenvalue weighted by molar-refractivity contribution is -0.384. The molecular weight excluding hydrogens is 468 g/mol. The molecule has 0 aromatic heterocycles. The van der Waals surface area contributed by atoms with E-state index in [4.69, 9.17) is 11.1 Å². The predicted molar refractivity (Wildman–Crippen MR) is 128 cm³/mol. The number of piperidine rings is 1. The van der Waals surface area contributed by atoms with Crippen molar-refractivity contribution in [2.45, 2.75) is 11.3 Å². The van der Waals surface area contributed by atoms with E-state index < -0.39 is 29.4 Å². The number of anilines is 1. The van der Waals surface area contributed by atoms with E-state index in [0.717, 1.165) is 12.1 Å². The highest BCUT2D eigenvalue weighted by Gasteiger charge is 2.29. The Morgan fingerprint density at radius 1 is 1.15 bits per heavy atom. The van der Waals surface area contributed by atoms with Gasteiger partial charge in [-0.25, -0.2) is 0 Å². The lowest BCUT2D eigenvalue weighted by atomic mass is 9.90. The van der Waals surface area contributed by atoms with Crippen molar-refractivity contribution in [3.8, 4) is 0 Å². The van der Waals surface area contributed by atoms with Crippen LogP contribution in [-0.2, 0) is 11.1 Å². The summed E-state index contributed by atoms with van der Waals surface area (Å²) in [6.07, 6.45) is 0.557. The fourth-order valence-corrected chi connectivity index (χ4v) is 3.64. The van der Waals surface area contributed by atoms with Crippen molar-refractivity contribution in [1.82, 2.24) is 10.2 Å². The molecular formula is C22H30F2N5O4S-. The normalized spacial score (nSPS) is 18.0. The number of hydrogen-bond acceptors (Lipinski definition) is 7.